The highest BCUT2D eigenvalue weighted by atomic mass is 35.5. The van der Waals surface area contributed by atoms with Gasteiger partial charge >= 0.3 is 23.9 Å². The number of hydrogen-bond donors (Lipinski definition) is 2. The summed E-state index contributed by atoms with van der Waals surface area (Å²) >= 11 is 6.13. The molecule has 59 heavy (non-hydrogen) atoms. The van der Waals surface area contributed by atoms with Crippen molar-refractivity contribution in [1.82, 2.24) is 34.4 Å². The molecule has 0 saturated carbocycles. The number of carbonyl (C=O) groups excluding carboxylic acids is 4. The molecule has 3 aliphatic rings. The molecule has 1 aromatic heterocycles. The lowest BCUT2D eigenvalue weighted by Gasteiger charge is -2.40. The molecule has 3 aliphatic heterocycles. The molecule has 0 bridgehead atoms. The van der Waals surface area contributed by atoms with Crippen molar-refractivity contribution in [2.24, 2.45) is 11.8 Å². The number of rotatable bonds is 11. The monoisotopic (exact) mass is 846 g/mol. The average molecular weight is 847 g/mol. The lowest BCUT2D eigenvalue weighted by molar-refractivity contribution is -0.152. The molecule has 4 heterocycles. The van der Waals surface area contributed by atoms with Crippen LogP contribution in [0.2, 0.25) is 5.02 Å². The highest BCUT2D eigenvalue weighted by molar-refractivity contribution is 6.33. The molecule has 3 fully saturated rings. The second-order valence-electron chi connectivity index (χ2n) is 15.6. The minimum Gasteiger partial charge on any atom is -0.455 e. The Morgan fingerprint density at radius 2 is 1.54 bits per heavy atom. The van der Waals surface area contributed by atoms with E-state index in [-0.39, 0.29) is 60.9 Å². The highest BCUT2D eigenvalue weighted by Gasteiger charge is 2.38. The fourth-order valence-corrected chi connectivity index (χ4v) is 8.34. The first-order valence-corrected chi connectivity index (χ1v) is 20.2. The van der Waals surface area contributed by atoms with Gasteiger partial charge in [0.15, 0.2) is 18.5 Å². The second-order valence-corrected chi connectivity index (χ2v) is 16.1. The quantitative estimate of drug-likeness (QED) is 0.207. The van der Waals surface area contributed by atoms with E-state index in [9.17, 15) is 37.1 Å². The molecule has 6 rings (SSSR count). The molecular weight excluding hydrogens is 797 g/mol. The molecule has 2 aromatic carbocycles. The molecule has 0 unspecified atom stereocenters. The predicted molar refractivity (Wildman–Crippen MR) is 211 cm³/mol. The van der Waals surface area contributed by atoms with Crippen LogP contribution in [0.15, 0.2) is 47.3 Å². The molecule has 0 radical (unpaired) electrons. The van der Waals surface area contributed by atoms with Crippen LogP contribution in [0.25, 0.3) is 11.4 Å². The van der Waals surface area contributed by atoms with Crippen molar-refractivity contribution in [2.45, 2.75) is 63.3 Å². The van der Waals surface area contributed by atoms with Gasteiger partial charge in [-0.2, -0.15) is 13.2 Å². The summed E-state index contributed by atoms with van der Waals surface area (Å²) in [6.07, 6.45) is -3.59. The SMILES string of the molecule is CN(C)C(=O)COC(=O)CN1CCC(C2CCN(C(=O)[C@@H](Cc3cc(Cl)c(N)c(C(F)(F)F)c3)OC(=O)N3CCC(n4nc(-c5ccccc5)[nH]c4=O)CC3)CC2)CC1. The molecule has 19 heteroatoms. The lowest BCUT2D eigenvalue weighted by atomic mass is 9.78. The Balaban J connectivity index is 1.07. The minimum absolute atomic E-state index is 0.0309. The molecular formula is C40H50ClF3N8O7. The highest BCUT2D eigenvalue weighted by Crippen LogP contribution is 2.39. The number of anilines is 1. The van der Waals surface area contributed by atoms with Crippen LogP contribution in [-0.4, -0.2) is 131 Å². The van der Waals surface area contributed by atoms with Crippen LogP contribution in [0, 0.1) is 11.8 Å². The predicted octanol–water partition coefficient (Wildman–Crippen LogP) is 4.46. The van der Waals surface area contributed by atoms with E-state index in [0.717, 1.165) is 24.5 Å². The molecule has 1 atom stereocenters. The summed E-state index contributed by atoms with van der Waals surface area (Å²) in [7, 11) is 3.18. The Hall–Kier alpha value is -5.10. The fourth-order valence-electron chi connectivity index (χ4n) is 8.10. The number of ether oxygens (including phenoxy) is 2. The van der Waals surface area contributed by atoms with E-state index in [1.165, 1.54) is 20.5 Å². The van der Waals surface area contributed by atoms with Gasteiger partial charge in [-0.25, -0.2) is 14.3 Å². The Morgan fingerprint density at radius 3 is 2.15 bits per heavy atom. The molecule has 0 spiro atoms. The van der Waals surface area contributed by atoms with Crippen LogP contribution in [0.5, 0.6) is 0 Å². The maximum absolute atomic E-state index is 14.1. The number of likely N-dealkylation sites (N-methyl/N-ethyl adjacent to an activating group) is 1. The maximum Gasteiger partial charge on any atom is 0.418 e. The summed E-state index contributed by atoms with van der Waals surface area (Å²) in [6.45, 7) is 2.30. The number of H-pyrrole nitrogens is 1. The first kappa shape index (κ1) is 43.5. The van der Waals surface area contributed by atoms with E-state index >= 15 is 0 Å². The number of nitrogens with zero attached hydrogens (tertiary/aromatic N) is 6. The van der Waals surface area contributed by atoms with Crippen LogP contribution in [0.1, 0.15) is 55.7 Å². The van der Waals surface area contributed by atoms with E-state index in [2.05, 4.69) is 10.1 Å². The zero-order chi connectivity index (χ0) is 42.4. The van der Waals surface area contributed by atoms with E-state index in [4.69, 9.17) is 26.8 Å². The topological polar surface area (TPSA) is 176 Å². The summed E-state index contributed by atoms with van der Waals surface area (Å²) in [5.74, 6) is -0.169. The number of aromatic nitrogens is 3. The molecule has 3 amide bonds. The average Bonchev–Trinajstić information content (AvgIpc) is 3.62. The largest absolute Gasteiger partial charge is 0.455 e. The number of halogens is 4. The number of piperidine rings is 3. The molecule has 15 nitrogen and oxygen atoms in total. The van der Waals surface area contributed by atoms with E-state index in [0.29, 0.717) is 69.5 Å². The third kappa shape index (κ3) is 10.9. The van der Waals surface area contributed by atoms with Crippen molar-refractivity contribution >= 4 is 41.2 Å². The van der Waals surface area contributed by atoms with Crippen molar-refractivity contribution < 1.29 is 41.8 Å². The number of amides is 3. The van der Waals surface area contributed by atoms with Crippen molar-refractivity contribution in [3.8, 4) is 11.4 Å². The summed E-state index contributed by atoms with van der Waals surface area (Å²) in [6, 6.07) is 11.0. The standard InChI is InChI=1S/C40H50ClF3N8O7/c1-48(2)33(53)24-58-34(54)23-49-14-8-26(9-15-49)27-10-16-50(17-11-27)37(55)32(22-25-20-30(40(42,43)44)35(45)31(41)21-25)59-39(57)51-18-12-29(13-19-51)52-38(56)46-36(47-52)28-6-4-3-5-7-28/h3-7,20-21,26-27,29,32H,8-19,22-24,45H2,1-2H3,(H,46,47,56)/t32-/m1/s1. The lowest BCUT2D eigenvalue weighted by Crippen LogP contribution is -2.49. The van der Waals surface area contributed by atoms with Gasteiger partial charge in [-0.1, -0.05) is 41.9 Å². The molecule has 3 saturated heterocycles. The molecule has 3 N–H and O–H groups in total. The third-order valence-corrected chi connectivity index (χ3v) is 11.9. The second kappa shape index (κ2) is 18.9. The number of nitrogens with one attached hydrogen (secondary N) is 1. The maximum atomic E-state index is 14.1. The van der Waals surface area contributed by atoms with Gasteiger partial charge < -0.3 is 29.9 Å². The van der Waals surface area contributed by atoms with Gasteiger partial charge in [0, 0.05) is 52.3 Å². The van der Waals surface area contributed by atoms with Gasteiger partial charge in [-0.05, 0) is 81.1 Å². The van der Waals surface area contributed by atoms with Gasteiger partial charge in [0.2, 0.25) is 0 Å². The van der Waals surface area contributed by atoms with Crippen molar-refractivity contribution in [1.29, 1.82) is 0 Å². The smallest absolute Gasteiger partial charge is 0.418 e. The van der Waals surface area contributed by atoms with Gasteiger partial charge in [0.25, 0.3) is 11.8 Å². The van der Waals surface area contributed by atoms with Gasteiger partial charge in [0.05, 0.1) is 28.9 Å². The van der Waals surface area contributed by atoms with E-state index < -0.39 is 41.5 Å². The van der Waals surface area contributed by atoms with Crippen LogP contribution in [0.3, 0.4) is 0 Å². The zero-order valence-corrected chi connectivity index (χ0v) is 33.8. The minimum atomic E-state index is -4.81. The number of benzene rings is 2. The van der Waals surface area contributed by atoms with E-state index in [1.54, 1.807) is 19.0 Å². The zero-order valence-electron chi connectivity index (χ0n) is 33.1. The fraction of sp³-hybridized carbons (Fsp3) is 0.550. The first-order valence-electron chi connectivity index (χ1n) is 19.8. The number of carbonyl (C=O) groups is 4. The van der Waals surface area contributed by atoms with Crippen LogP contribution in [-0.2, 0) is 36.5 Å². The summed E-state index contributed by atoms with van der Waals surface area (Å²) in [5.41, 5.74) is 4.29. The number of likely N-dealkylation sites (tertiary alicyclic amines) is 3. The first-order chi connectivity index (χ1) is 28.1. The summed E-state index contributed by atoms with van der Waals surface area (Å²) in [4.78, 5) is 73.8. The van der Waals surface area contributed by atoms with Gasteiger partial charge in [-0.15, -0.1) is 5.10 Å². The van der Waals surface area contributed by atoms with Crippen LogP contribution in [0.4, 0.5) is 23.7 Å². The van der Waals surface area contributed by atoms with Crippen molar-refractivity contribution in [3.05, 3.63) is 69.1 Å². The third-order valence-electron chi connectivity index (χ3n) is 11.5. The molecule has 320 valence electrons. The van der Waals surface area contributed by atoms with Gasteiger partial charge in [0.1, 0.15) is 0 Å². The van der Waals surface area contributed by atoms with Crippen LogP contribution < -0.4 is 11.4 Å². The van der Waals surface area contributed by atoms with Crippen molar-refractivity contribution in [3.63, 3.8) is 0 Å². The number of nitrogen functional groups attached to an aromatic ring is 1. The number of alkyl halides is 3. The Labute approximate surface area is 344 Å². The normalized spacial score (nSPS) is 18.1. The number of nitrogens with two attached hydrogens (primary N) is 1. The number of esters is 1. The summed E-state index contributed by atoms with van der Waals surface area (Å²) in [5, 5.41) is 4.15. The number of aromatic amines is 1. The summed E-state index contributed by atoms with van der Waals surface area (Å²) < 4.78 is 54.0. The molecule has 0 aliphatic carbocycles. The van der Waals surface area contributed by atoms with Gasteiger partial charge in [-0.3, -0.25) is 24.3 Å². The molecule has 3 aromatic rings. The van der Waals surface area contributed by atoms with Crippen LogP contribution >= 0.6 is 11.6 Å². The Kier molecular flexibility index (Phi) is 13.9. The Morgan fingerprint density at radius 1 is 0.932 bits per heavy atom. The van der Waals surface area contributed by atoms with Crippen molar-refractivity contribution in [2.75, 3.05) is 72.2 Å². The van der Waals surface area contributed by atoms with E-state index in [1.807, 2.05) is 35.2 Å². The Bertz CT molecular complexity index is 2020. The number of hydrogen-bond acceptors (Lipinski definition) is 10.